The Hall–Kier alpha value is -3.21. The summed E-state index contributed by atoms with van der Waals surface area (Å²) in [7, 11) is 0. The number of ether oxygens (including phenoxy) is 2. The molecular weight excluding hydrogens is 366 g/mol. The van der Waals surface area contributed by atoms with Gasteiger partial charge in [-0.1, -0.05) is 19.6 Å². The van der Waals surface area contributed by atoms with Crippen LogP contribution in [0.3, 0.4) is 0 Å². The molecule has 1 fully saturated rings. The molecule has 1 aromatic heterocycles. The van der Waals surface area contributed by atoms with Crippen LogP contribution in [0.5, 0.6) is 11.5 Å². The van der Waals surface area contributed by atoms with Crippen LogP contribution in [-0.2, 0) is 10.2 Å². The number of carbonyl (C=O) groups excluding carboxylic acids is 1. The number of rotatable bonds is 4. The molecule has 0 atom stereocenters. The van der Waals surface area contributed by atoms with Gasteiger partial charge in [-0.25, -0.2) is 0 Å². The van der Waals surface area contributed by atoms with Gasteiger partial charge in [-0.3, -0.25) is 4.79 Å². The summed E-state index contributed by atoms with van der Waals surface area (Å²) in [5.41, 5.74) is 3.34. The number of carbonyl (C=O) groups is 1. The topological polar surface area (TPSA) is 60.7 Å². The summed E-state index contributed by atoms with van der Waals surface area (Å²) >= 11 is 0. The van der Waals surface area contributed by atoms with Gasteiger partial charge in [-0.15, -0.1) is 0 Å². The Morgan fingerprint density at radius 1 is 0.966 bits per heavy atom. The predicted octanol–water partition coefficient (Wildman–Crippen LogP) is 5.60. The highest BCUT2D eigenvalue weighted by Crippen LogP contribution is 2.51. The van der Waals surface area contributed by atoms with Crippen molar-refractivity contribution in [2.45, 2.75) is 39.5 Å². The van der Waals surface area contributed by atoms with Crippen molar-refractivity contribution in [1.29, 1.82) is 0 Å². The van der Waals surface area contributed by atoms with Gasteiger partial charge in [0.25, 0.3) is 0 Å². The van der Waals surface area contributed by atoms with Gasteiger partial charge in [-0.05, 0) is 74.2 Å². The van der Waals surface area contributed by atoms with Crippen molar-refractivity contribution in [1.82, 2.24) is 0 Å². The van der Waals surface area contributed by atoms with Gasteiger partial charge < -0.3 is 19.2 Å². The van der Waals surface area contributed by atoms with E-state index in [4.69, 9.17) is 13.9 Å². The third kappa shape index (κ3) is 3.27. The summed E-state index contributed by atoms with van der Waals surface area (Å²) in [4.78, 5) is 13.1. The molecule has 0 bridgehead atoms. The second kappa shape index (κ2) is 6.99. The lowest BCUT2D eigenvalue weighted by molar-refractivity contribution is -0.118. The molecule has 5 heteroatoms. The SMILES string of the molecule is C.Cc1ccc(-c2cc(NC(=O)C3(c4ccc5c(c4)OCO5)CC3)ccc2C)o1. The fourth-order valence-corrected chi connectivity index (χ4v) is 3.76. The zero-order valence-electron chi connectivity index (χ0n) is 15.9. The van der Waals surface area contributed by atoms with E-state index in [1.807, 2.05) is 62.4 Å². The molecule has 1 aliphatic carbocycles. The number of nitrogens with one attached hydrogen (secondary N) is 1. The van der Waals surface area contributed by atoms with Crippen LogP contribution in [0.4, 0.5) is 5.69 Å². The standard InChI is InChI=1S/C23H21NO4.CH4/c1-14-3-6-17(12-18(14)19-7-4-15(2)28-19)24-22(25)23(9-10-23)16-5-8-20-21(11-16)27-13-26-20;/h3-8,11-12H,9-10,13H2,1-2H3,(H,24,25);1H4. The average molecular weight is 391 g/mol. The maximum atomic E-state index is 13.1. The third-order valence-corrected chi connectivity index (χ3v) is 5.61. The van der Waals surface area contributed by atoms with Crippen LogP contribution < -0.4 is 14.8 Å². The van der Waals surface area contributed by atoms with Gasteiger partial charge in [0.2, 0.25) is 12.7 Å². The monoisotopic (exact) mass is 391 g/mol. The number of hydrogen-bond acceptors (Lipinski definition) is 4. The minimum absolute atomic E-state index is 0. The molecule has 5 nitrogen and oxygen atoms in total. The van der Waals surface area contributed by atoms with E-state index in [9.17, 15) is 4.79 Å². The van der Waals surface area contributed by atoms with Gasteiger partial charge in [0.05, 0.1) is 5.41 Å². The highest BCUT2D eigenvalue weighted by atomic mass is 16.7. The van der Waals surface area contributed by atoms with E-state index < -0.39 is 5.41 Å². The molecule has 1 N–H and O–H groups in total. The van der Waals surface area contributed by atoms with Crippen molar-refractivity contribution < 1.29 is 18.7 Å². The second-order valence-electron chi connectivity index (χ2n) is 7.54. The van der Waals surface area contributed by atoms with Crippen molar-refractivity contribution in [2.24, 2.45) is 0 Å². The van der Waals surface area contributed by atoms with E-state index in [-0.39, 0.29) is 20.1 Å². The molecule has 2 aromatic carbocycles. The van der Waals surface area contributed by atoms with Crippen LogP contribution in [0.15, 0.2) is 52.9 Å². The van der Waals surface area contributed by atoms with Crippen LogP contribution in [0, 0.1) is 13.8 Å². The number of benzene rings is 2. The molecule has 1 amide bonds. The molecule has 0 radical (unpaired) electrons. The first-order chi connectivity index (χ1) is 13.5. The fraction of sp³-hybridized carbons (Fsp3) is 0.292. The van der Waals surface area contributed by atoms with Crippen molar-refractivity contribution in [3.05, 3.63) is 65.4 Å². The molecule has 1 aliphatic heterocycles. The van der Waals surface area contributed by atoms with Crippen molar-refractivity contribution in [3.63, 3.8) is 0 Å². The second-order valence-corrected chi connectivity index (χ2v) is 7.54. The van der Waals surface area contributed by atoms with Crippen molar-refractivity contribution in [3.8, 4) is 22.8 Å². The fourth-order valence-electron chi connectivity index (χ4n) is 3.76. The van der Waals surface area contributed by atoms with E-state index >= 15 is 0 Å². The maximum absolute atomic E-state index is 13.1. The van der Waals surface area contributed by atoms with E-state index in [0.717, 1.165) is 52.5 Å². The largest absolute Gasteiger partial charge is 0.461 e. The van der Waals surface area contributed by atoms with Gasteiger partial charge in [0.1, 0.15) is 11.5 Å². The lowest BCUT2D eigenvalue weighted by atomic mass is 9.94. The minimum atomic E-state index is -0.493. The molecule has 0 saturated heterocycles. The van der Waals surface area contributed by atoms with Crippen molar-refractivity contribution in [2.75, 3.05) is 12.1 Å². The van der Waals surface area contributed by atoms with E-state index in [2.05, 4.69) is 5.32 Å². The summed E-state index contributed by atoms with van der Waals surface area (Å²) in [5, 5.41) is 3.10. The summed E-state index contributed by atoms with van der Waals surface area (Å²) in [5.74, 6) is 3.13. The van der Waals surface area contributed by atoms with Gasteiger partial charge in [-0.2, -0.15) is 0 Å². The Kier molecular flexibility index (Phi) is 4.61. The van der Waals surface area contributed by atoms with Crippen LogP contribution in [0.25, 0.3) is 11.3 Å². The van der Waals surface area contributed by atoms with Crippen molar-refractivity contribution >= 4 is 11.6 Å². The number of aryl methyl sites for hydroxylation is 2. The minimum Gasteiger partial charge on any atom is -0.461 e. The molecular formula is C24H25NO4. The first-order valence-corrected chi connectivity index (χ1v) is 9.44. The Bertz CT molecular complexity index is 1080. The molecule has 0 spiro atoms. The number of hydrogen-bond donors (Lipinski definition) is 1. The highest BCUT2D eigenvalue weighted by molar-refractivity contribution is 6.01. The van der Waals surface area contributed by atoms with Crippen LogP contribution in [-0.4, -0.2) is 12.7 Å². The number of furan rings is 1. The molecule has 5 rings (SSSR count). The normalized spacial score (nSPS) is 15.5. The van der Waals surface area contributed by atoms with Crippen LogP contribution in [0.1, 0.15) is 37.2 Å². The summed E-state index contributed by atoms with van der Waals surface area (Å²) in [6.45, 7) is 4.19. The number of fused-ring (bicyclic) bond motifs is 1. The quantitative estimate of drug-likeness (QED) is 0.629. The Morgan fingerprint density at radius 2 is 1.76 bits per heavy atom. The van der Waals surface area contributed by atoms with E-state index in [0.29, 0.717) is 5.75 Å². The summed E-state index contributed by atoms with van der Waals surface area (Å²) in [6, 6.07) is 15.6. The Balaban J connectivity index is 0.00000205. The summed E-state index contributed by atoms with van der Waals surface area (Å²) < 4.78 is 16.6. The molecule has 2 aliphatic rings. The molecule has 0 unspecified atom stereocenters. The lowest BCUT2D eigenvalue weighted by Gasteiger charge is -2.17. The first kappa shape index (κ1) is 19.1. The van der Waals surface area contributed by atoms with E-state index in [1.165, 1.54) is 0 Å². The molecule has 3 aromatic rings. The zero-order valence-corrected chi connectivity index (χ0v) is 15.9. The van der Waals surface area contributed by atoms with Crippen LogP contribution in [0.2, 0.25) is 0 Å². The van der Waals surface area contributed by atoms with Gasteiger partial charge in [0, 0.05) is 11.3 Å². The predicted molar refractivity (Wildman–Crippen MR) is 112 cm³/mol. The Labute approximate surface area is 170 Å². The van der Waals surface area contributed by atoms with Crippen LogP contribution >= 0.6 is 0 Å². The maximum Gasteiger partial charge on any atom is 0.235 e. The zero-order chi connectivity index (χ0) is 19.3. The van der Waals surface area contributed by atoms with Gasteiger partial charge >= 0.3 is 0 Å². The number of amides is 1. The summed E-state index contributed by atoms with van der Waals surface area (Å²) in [6.07, 6.45) is 1.66. The molecule has 1 saturated carbocycles. The van der Waals surface area contributed by atoms with Gasteiger partial charge in [0.15, 0.2) is 11.5 Å². The molecule has 150 valence electrons. The first-order valence-electron chi connectivity index (χ1n) is 9.44. The lowest BCUT2D eigenvalue weighted by Crippen LogP contribution is -2.27. The number of anilines is 1. The average Bonchev–Trinajstić information content (AvgIpc) is 3.18. The van der Waals surface area contributed by atoms with E-state index in [1.54, 1.807) is 0 Å². The molecule has 29 heavy (non-hydrogen) atoms. The Morgan fingerprint density at radius 3 is 2.48 bits per heavy atom. The molecule has 2 heterocycles. The smallest absolute Gasteiger partial charge is 0.235 e. The highest BCUT2D eigenvalue weighted by Gasteiger charge is 2.51. The third-order valence-electron chi connectivity index (χ3n) is 5.61.